The highest BCUT2D eigenvalue weighted by molar-refractivity contribution is 6.44. The van der Waals surface area contributed by atoms with Gasteiger partial charge in [-0.1, -0.05) is 53.0 Å². The summed E-state index contributed by atoms with van der Waals surface area (Å²) in [6, 6.07) is 10.8. The lowest BCUT2D eigenvalue weighted by molar-refractivity contribution is -0.117. The van der Waals surface area contributed by atoms with E-state index in [4.69, 9.17) is 39.5 Å². The number of aliphatic imine (C=N–C) groups is 1. The van der Waals surface area contributed by atoms with E-state index in [9.17, 15) is 14.0 Å². The molecule has 5 rings (SSSR count). The summed E-state index contributed by atoms with van der Waals surface area (Å²) in [6.07, 6.45) is 3.88. The van der Waals surface area contributed by atoms with Crippen molar-refractivity contribution in [3.63, 3.8) is 0 Å². The number of pyridine rings is 1. The zero-order chi connectivity index (χ0) is 27.5. The molecule has 2 N–H and O–H groups in total. The minimum absolute atomic E-state index is 0.0815. The van der Waals surface area contributed by atoms with Crippen LogP contribution in [-0.2, 0) is 11.4 Å². The summed E-state index contributed by atoms with van der Waals surface area (Å²) >= 11 is 19.0. The quantitative estimate of drug-likeness (QED) is 0.325. The SMILES string of the molecule is O=C(N[C@H]1N=C(c2c(Cl)cc(Cl)cc2Cl)c2ccccc2NC1=O)c1cc(F)cnc1OCc1cnccn1. The van der Waals surface area contributed by atoms with E-state index in [1.165, 1.54) is 30.7 Å². The van der Waals surface area contributed by atoms with E-state index in [1.54, 1.807) is 24.3 Å². The molecular formula is C26H16Cl3FN6O3. The van der Waals surface area contributed by atoms with Crippen molar-refractivity contribution in [1.29, 1.82) is 0 Å². The maximum absolute atomic E-state index is 14.1. The third kappa shape index (κ3) is 5.83. The van der Waals surface area contributed by atoms with E-state index < -0.39 is 23.8 Å². The monoisotopic (exact) mass is 584 g/mol. The number of para-hydroxylation sites is 1. The number of carbonyl (C=O) groups excluding carboxylic acids is 2. The van der Waals surface area contributed by atoms with Crippen LogP contribution in [0.5, 0.6) is 5.88 Å². The summed E-state index contributed by atoms with van der Waals surface area (Å²) in [6.45, 7) is -0.0815. The van der Waals surface area contributed by atoms with Crippen LogP contribution in [0.4, 0.5) is 10.1 Å². The number of halogens is 4. The molecule has 4 aromatic rings. The predicted octanol–water partition coefficient (Wildman–Crippen LogP) is 5.10. The smallest absolute Gasteiger partial charge is 0.269 e. The Bertz CT molecular complexity index is 1600. The van der Waals surface area contributed by atoms with Crippen LogP contribution in [0, 0.1) is 5.82 Å². The largest absolute Gasteiger partial charge is 0.471 e. The summed E-state index contributed by atoms with van der Waals surface area (Å²) in [5, 5.41) is 5.93. The average molecular weight is 586 g/mol. The molecule has 1 aliphatic heterocycles. The number of benzodiazepines with no additional fused rings is 1. The summed E-state index contributed by atoms with van der Waals surface area (Å²) in [7, 11) is 0. The highest BCUT2D eigenvalue weighted by atomic mass is 35.5. The number of hydrogen-bond acceptors (Lipinski definition) is 7. The maximum Gasteiger partial charge on any atom is 0.269 e. The molecule has 0 saturated heterocycles. The van der Waals surface area contributed by atoms with Gasteiger partial charge in [0, 0.05) is 28.5 Å². The Labute approximate surface area is 236 Å². The number of fused-ring (bicyclic) bond motifs is 1. The Balaban J connectivity index is 1.51. The standard InChI is InChI=1S/C26H16Cl3FN6O3/c27-13-7-18(28)21(19(29)8-13)22-16-3-1-2-4-20(16)34-25(38)23(35-22)36-24(37)17-9-14(30)10-33-26(17)39-12-15-11-31-5-6-32-15/h1-11,23H,12H2,(H,34,38)(H,36,37)/t23-/m1/s1. The van der Waals surface area contributed by atoms with Crippen LogP contribution in [0.15, 0.2) is 72.2 Å². The van der Waals surface area contributed by atoms with E-state index in [1.807, 2.05) is 0 Å². The van der Waals surface area contributed by atoms with Crippen LogP contribution < -0.4 is 15.4 Å². The molecule has 9 nitrogen and oxygen atoms in total. The van der Waals surface area contributed by atoms with Crippen molar-refractivity contribution in [2.75, 3.05) is 5.32 Å². The van der Waals surface area contributed by atoms with Gasteiger partial charge in [0.1, 0.15) is 18.0 Å². The molecule has 0 fully saturated rings. The van der Waals surface area contributed by atoms with Gasteiger partial charge in [-0.05, 0) is 24.3 Å². The van der Waals surface area contributed by atoms with Crippen molar-refractivity contribution in [2.24, 2.45) is 4.99 Å². The molecule has 0 spiro atoms. The van der Waals surface area contributed by atoms with Crippen LogP contribution in [0.2, 0.25) is 15.1 Å². The molecule has 2 aromatic carbocycles. The van der Waals surface area contributed by atoms with Gasteiger partial charge >= 0.3 is 0 Å². The van der Waals surface area contributed by atoms with Crippen molar-refractivity contribution in [3.05, 3.63) is 111 Å². The molecule has 1 atom stereocenters. The first-order valence-electron chi connectivity index (χ1n) is 11.3. The second-order valence-corrected chi connectivity index (χ2v) is 9.38. The normalized spacial score (nSPS) is 14.5. The van der Waals surface area contributed by atoms with Crippen molar-refractivity contribution >= 4 is 58.0 Å². The van der Waals surface area contributed by atoms with Gasteiger partial charge in [0.05, 0.1) is 39.5 Å². The molecular weight excluding hydrogens is 570 g/mol. The fraction of sp³-hybridized carbons (Fsp3) is 0.0769. The van der Waals surface area contributed by atoms with Gasteiger partial charge in [0.15, 0.2) is 0 Å². The molecule has 0 aliphatic carbocycles. The Kier molecular flexibility index (Phi) is 7.69. The van der Waals surface area contributed by atoms with Crippen molar-refractivity contribution in [3.8, 4) is 5.88 Å². The topological polar surface area (TPSA) is 118 Å². The lowest BCUT2D eigenvalue weighted by atomic mass is 10.0. The zero-order valence-corrected chi connectivity index (χ0v) is 21.9. The molecule has 196 valence electrons. The highest BCUT2D eigenvalue weighted by Gasteiger charge is 2.30. The minimum atomic E-state index is -1.46. The van der Waals surface area contributed by atoms with Crippen LogP contribution in [0.1, 0.15) is 27.2 Å². The molecule has 3 heterocycles. The number of nitrogens with zero attached hydrogens (tertiary/aromatic N) is 4. The molecule has 2 amide bonds. The van der Waals surface area contributed by atoms with Crippen molar-refractivity contribution < 1.29 is 18.7 Å². The predicted molar refractivity (Wildman–Crippen MR) is 144 cm³/mol. The van der Waals surface area contributed by atoms with Crippen LogP contribution in [-0.4, -0.2) is 38.6 Å². The fourth-order valence-electron chi connectivity index (χ4n) is 3.78. The average Bonchev–Trinajstić information content (AvgIpc) is 3.04. The summed E-state index contributed by atoms with van der Waals surface area (Å²) in [5.74, 6) is -2.48. The Hall–Kier alpha value is -4.12. The van der Waals surface area contributed by atoms with Crippen LogP contribution in [0.3, 0.4) is 0 Å². The molecule has 0 saturated carbocycles. The molecule has 39 heavy (non-hydrogen) atoms. The van der Waals surface area contributed by atoms with Gasteiger partial charge in [0.25, 0.3) is 11.8 Å². The molecule has 2 aromatic heterocycles. The van der Waals surface area contributed by atoms with Gasteiger partial charge < -0.3 is 15.4 Å². The van der Waals surface area contributed by atoms with Gasteiger partial charge in [-0.2, -0.15) is 0 Å². The number of aromatic nitrogens is 3. The van der Waals surface area contributed by atoms with Gasteiger partial charge in [-0.15, -0.1) is 0 Å². The Morgan fingerprint density at radius 3 is 2.56 bits per heavy atom. The lowest BCUT2D eigenvalue weighted by Crippen LogP contribution is -2.42. The number of amides is 2. The molecule has 0 radical (unpaired) electrons. The fourth-order valence-corrected chi connectivity index (χ4v) is 4.77. The lowest BCUT2D eigenvalue weighted by Gasteiger charge is -2.16. The Morgan fingerprint density at radius 1 is 1.05 bits per heavy atom. The Morgan fingerprint density at radius 2 is 1.82 bits per heavy atom. The first kappa shape index (κ1) is 26.5. The second kappa shape index (κ2) is 11.3. The number of carbonyl (C=O) groups is 2. The first-order chi connectivity index (χ1) is 18.8. The van der Waals surface area contributed by atoms with Crippen LogP contribution >= 0.6 is 34.8 Å². The zero-order valence-electron chi connectivity index (χ0n) is 19.7. The first-order valence-corrected chi connectivity index (χ1v) is 12.4. The molecule has 0 bridgehead atoms. The summed E-state index contributed by atoms with van der Waals surface area (Å²) in [5.41, 5.74) is 1.67. The van der Waals surface area contributed by atoms with Crippen LogP contribution in [0.25, 0.3) is 0 Å². The molecule has 1 aliphatic rings. The van der Waals surface area contributed by atoms with E-state index in [-0.39, 0.29) is 33.8 Å². The number of benzene rings is 2. The third-order valence-electron chi connectivity index (χ3n) is 5.49. The van der Waals surface area contributed by atoms with Crippen molar-refractivity contribution in [2.45, 2.75) is 12.8 Å². The van der Waals surface area contributed by atoms with E-state index in [2.05, 4.69) is 30.6 Å². The number of anilines is 1. The molecule has 0 unspecified atom stereocenters. The number of hydrogen-bond donors (Lipinski definition) is 2. The number of ether oxygens (including phenoxy) is 1. The van der Waals surface area contributed by atoms with Gasteiger partial charge in [0.2, 0.25) is 12.0 Å². The van der Waals surface area contributed by atoms with E-state index in [0.717, 1.165) is 12.3 Å². The van der Waals surface area contributed by atoms with Gasteiger partial charge in [-0.25, -0.2) is 14.4 Å². The highest BCUT2D eigenvalue weighted by Crippen LogP contribution is 2.34. The van der Waals surface area contributed by atoms with E-state index >= 15 is 0 Å². The number of rotatable bonds is 6. The third-order valence-corrected chi connectivity index (χ3v) is 6.31. The summed E-state index contributed by atoms with van der Waals surface area (Å²) < 4.78 is 19.7. The minimum Gasteiger partial charge on any atom is -0.471 e. The van der Waals surface area contributed by atoms with Crippen molar-refractivity contribution in [1.82, 2.24) is 20.3 Å². The summed E-state index contributed by atoms with van der Waals surface area (Å²) in [4.78, 5) is 42.9. The molecule has 13 heteroatoms. The van der Waals surface area contributed by atoms with E-state index in [0.29, 0.717) is 27.5 Å². The van der Waals surface area contributed by atoms with Gasteiger partial charge in [-0.3, -0.25) is 19.6 Å². The number of nitrogens with one attached hydrogen (secondary N) is 2. The second-order valence-electron chi connectivity index (χ2n) is 8.12. The maximum atomic E-state index is 14.1.